The lowest BCUT2D eigenvalue weighted by molar-refractivity contribution is -0.0703. The number of aromatic nitrogens is 1. The molecule has 0 saturated heterocycles. The standard InChI is InChI=1S/C28H26ClF3N2O4S/c1-14-7-17-9-19(12-21(14)28(17,36)20-5-6-33-13-15(20)2)39(37,38)25-8-16(3-4-22(25)29)27(35)34-18-10-23(30)26(32)24(31)11-18/h3-6,8,10-11,13-14,17,19,21,36H,7,9,12H2,1-2H3,(H,34,35)/t14-,17?,19?,21?,28-/m0/s1. The third-order valence-electron chi connectivity index (χ3n) is 8.23. The van der Waals surface area contributed by atoms with Crippen molar-refractivity contribution in [2.24, 2.45) is 17.8 Å². The van der Waals surface area contributed by atoms with Gasteiger partial charge in [0.25, 0.3) is 5.91 Å². The third-order valence-corrected chi connectivity index (χ3v) is 10.9. The van der Waals surface area contributed by atoms with Gasteiger partial charge in [0, 0.05) is 35.8 Å². The van der Waals surface area contributed by atoms with E-state index in [1.54, 1.807) is 18.5 Å². The van der Waals surface area contributed by atoms with Gasteiger partial charge in [0.05, 0.1) is 20.8 Å². The summed E-state index contributed by atoms with van der Waals surface area (Å²) in [4.78, 5) is 16.7. The van der Waals surface area contributed by atoms with Gasteiger partial charge in [-0.25, -0.2) is 21.6 Å². The molecule has 0 aliphatic heterocycles. The van der Waals surface area contributed by atoms with Gasteiger partial charge in [-0.3, -0.25) is 9.78 Å². The summed E-state index contributed by atoms with van der Waals surface area (Å²) in [5.41, 5.74) is -0.0198. The van der Waals surface area contributed by atoms with E-state index < -0.39 is 44.0 Å². The highest BCUT2D eigenvalue weighted by Crippen LogP contribution is 2.59. The first-order valence-electron chi connectivity index (χ1n) is 12.5. The molecule has 2 aliphatic carbocycles. The zero-order valence-corrected chi connectivity index (χ0v) is 22.7. The fourth-order valence-corrected chi connectivity index (χ4v) is 8.76. The van der Waals surface area contributed by atoms with Crippen LogP contribution < -0.4 is 5.32 Å². The van der Waals surface area contributed by atoms with Gasteiger partial charge >= 0.3 is 0 Å². The summed E-state index contributed by atoms with van der Waals surface area (Å²) in [5.74, 6) is -6.02. The third kappa shape index (κ3) is 4.62. The Bertz CT molecular complexity index is 1560. The molecule has 1 amide bonds. The first-order valence-corrected chi connectivity index (χ1v) is 14.4. The van der Waals surface area contributed by atoms with Crippen LogP contribution in [0.1, 0.15) is 47.7 Å². The van der Waals surface area contributed by atoms with E-state index in [4.69, 9.17) is 11.6 Å². The summed E-state index contributed by atoms with van der Waals surface area (Å²) in [7, 11) is -4.04. The van der Waals surface area contributed by atoms with Crippen molar-refractivity contribution >= 4 is 33.0 Å². The Hall–Kier alpha value is -2.95. The monoisotopic (exact) mass is 578 g/mol. The molecule has 1 heterocycles. The lowest BCUT2D eigenvalue weighted by atomic mass is 9.69. The van der Waals surface area contributed by atoms with E-state index in [1.807, 2.05) is 13.8 Å². The van der Waals surface area contributed by atoms with Crippen LogP contribution in [0.3, 0.4) is 0 Å². The SMILES string of the molecule is Cc1cnccc1[C@@]1(O)C2CC(S(=O)(=O)c3cc(C(=O)Nc4cc(F)c(F)c(F)c4)ccc3Cl)CC1[C@@H](C)C2. The Morgan fingerprint density at radius 1 is 1.10 bits per heavy atom. The number of nitrogens with zero attached hydrogens (tertiary/aromatic N) is 1. The fraction of sp³-hybridized carbons (Fsp3) is 0.357. The number of benzene rings is 2. The minimum atomic E-state index is -4.04. The summed E-state index contributed by atoms with van der Waals surface area (Å²) >= 11 is 6.31. The van der Waals surface area contributed by atoms with E-state index in [9.17, 15) is 31.5 Å². The summed E-state index contributed by atoms with van der Waals surface area (Å²) in [6, 6.07) is 6.71. The Morgan fingerprint density at radius 3 is 2.44 bits per heavy atom. The highest BCUT2D eigenvalue weighted by Gasteiger charge is 2.59. The van der Waals surface area contributed by atoms with Crippen LogP contribution in [0.15, 0.2) is 53.7 Å². The van der Waals surface area contributed by atoms with Crippen LogP contribution in [0.4, 0.5) is 18.9 Å². The second-order valence-corrected chi connectivity index (χ2v) is 13.1. The molecule has 6 nitrogen and oxygen atoms in total. The van der Waals surface area contributed by atoms with Crippen LogP contribution in [0.5, 0.6) is 0 Å². The van der Waals surface area contributed by atoms with Crippen molar-refractivity contribution in [1.29, 1.82) is 0 Å². The van der Waals surface area contributed by atoms with Crippen molar-refractivity contribution in [3.63, 3.8) is 0 Å². The molecule has 5 atom stereocenters. The number of aliphatic hydroxyl groups is 1. The normalized spacial score (nSPS) is 26.4. The van der Waals surface area contributed by atoms with Crippen molar-refractivity contribution in [3.8, 4) is 0 Å². The number of nitrogens with one attached hydrogen (secondary N) is 1. The fourth-order valence-electron chi connectivity index (χ4n) is 6.38. The molecule has 2 aliphatic rings. The molecule has 2 N–H and O–H groups in total. The Morgan fingerprint density at radius 2 is 1.79 bits per heavy atom. The number of fused-ring (bicyclic) bond motifs is 2. The molecule has 2 saturated carbocycles. The van der Waals surface area contributed by atoms with Crippen molar-refractivity contribution < 1.29 is 31.5 Å². The average molecular weight is 579 g/mol. The maximum Gasteiger partial charge on any atom is 0.255 e. The van der Waals surface area contributed by atoms with Crippen LogP contribution >= 0.6 is 11.6 Å². The van der Waals surface area contributed by atoms with E-state index in [0.717, 1.165) is 17.2 Å². The molecule has 2 fully saturated rings. The minimum absolute atomic E-state index is 0.0726. The number of anilines is 1. The highest BCUT2D eigenvalue weighted by molar-refractivity contribution is 7.92. The van der Waals surface area contributed by atoms with Crippen LogP contribution in [-0.4, -0.2) is 29.7 Å². The van der Waals surface area contributed by atoms with Gasteiger partial charge < -0.3 is 10.4 Å². The maximum absolute atomic E-state index is 13.9. The number of hydrogen-bond acceptors (Lipinski definition) is 5. The van der Waals surface area contributed by atoms with Crippen molar-refractivity contribution in [3.05, 3.63) is 88.0 Å². The molecule has 1 aromatic heterocycles. The topological polar surface area (TPSA) is 96.4 Å². The van der Waals surface area contributed by atoms with Crippen molar-refractivity contribution in [2.45, 2.75) is 48.9 Å². The molecule has 2 bridgehead atoms. The van der Waals surface area contributed by atoms with Gasteiger partial charge in [0.15, 0.2) is 27.3 Å². The highest BCUT2D eigenvalue weighted by atomic mass is 35.5. The molecule has 5 rings (SSSR count). The van der Waals surface area contributed by atoms with Crippen molar-refractivity contribution in [1.82, 2.24) is 4.98 Å². The number of rotatable bonds is 5. The second-order valence-electron chi connectivity index (χ2n) is 10.5. The van der Waals surface area contributed by atoms with Gasteiger partial charge in [0.2, 0.25) is 0 Å². The smallest absolute Gasteiger partial charge is 0.255 e. The number of halogens is 4. The van der Waals surface area contributed by atoms with E-state index in [1.165, 1.54) is 12.1 Å². The van der Waals surface area contributed by atoms with Crippen LogP contribution in [0.25, 0.3) is 0 Å². The number of carbonyl (C=O) groups is 1. The average Bonchev–Trinajstić information content (AvgIpc) is 3.00. The first kappa shape index (κ1) is 27.6. The zero-order valence-electron chi connectivity index (χ0n) is 21.1. The zero-order chi connectivity index (χ0) is 28.3. The number of carbonyl (C=O) groups excluding carboxylic acids is 1. The Balaban J connectivity index is 1.44. The van der Waals surface area contributed by atoms with Crippen LogP contribution in [0, 0.1) is 42.1 Å². The summed E-state index contributed by atoms with van der Waals surface area (Å²) < 4.78 is 68.1. The predicted molar refractivity (Wildman–Crippen MR) is 140 cm³/mol. The van der Waals surface area contributed by atoms with Gasteiger partial charge in [0.1, 0.15) is 0 Å². The Kier molecular flexibility index (Phi) is 7.01. The maximum atomic E-state index is 13.9. The molecule has 0 spiro atoms. The quantitative estimate of drug-likeness (QED) is 0.373. The molecule has 206 valence electrons. The molecule has 39 heavy (non-hydrogen) atoms. The minimum Gasteiger partial charge on any atom is -0.385 e. The molecule has 3 aromatic rings. The van der Waals surface area contributed by atoms with E-state index in [-0.39, 0.29) is 51.8 Å². The molecule has 2 aromatic carbocycles. The molecular weight excluding hydrogens is 553 g/mol. The second kappa shape index (κ2) is 9.91. The molecular formula is C28H26ClF3N2O4S. The van der Waals surface area contributed by atoms with Gasteiger partial charge in [-0.15, -0.1) is 0 Å². The lowest BCUT2D eigenvalue weighted by Crippen LogP contribution is -2.47. The van der Waals surface area contributed by atoms with Crippen LogP contribution in [-0.2, 0) is 15.4 Å². The van der Waals surface area contributed by atoms with E-state index in [0.29, 0.717) is 18.6 Å². The number of aryl methyl sites for hydroxylation is 1. The number of hydrogen-bond donors (Lipinski definition) is 2. The lowest BCUT2D eigenvalue weighted by Gasteiger charge is -2.44. The largest absolute Gasteiger partial charge is 0.385 e. The Labute approximate surface area is 229 Å². The molecule has 11 heteroatoms. The summed E-state index contributed by atoms with van der Waals surface area (Å²) in [6.07, 6.45) is 4.39. The van der Waals surface area contributed by atoms with Gasteiger partial charge in [-0.2, -0.15) is 0 Å². The van der Waals surface area contributed by atoms with E-state index >= 15 is 0 Å². The first-order chi connectivity index (χ1) is 18.3. The van der Waals surface area contributed by atoms with Crippen LogP contribution in [0.2, 0.25) is 5.02 Å². The number of sulfone groups is 1. The van der Waals surface area contributed by atoms with Gasteiger partial charge in [-0.1, -0.05) is 18.5 Å². The van der Waals surface area contributed by atoms with E-state index in [2.05, 4.69) is 10.3 Å². The number of amides is 1. The predicted octanol–water partition coefficient (Wildman–Crippen LogP) is 5.81. The number of pyridine rings is 1. The molecule has 0 radical (unpaired) electrons. The van der Waals surface area contributed by atoms with Gasteiger partial charge in [-0.05, 0) is 79.3 Å². The summed E-state index contributed by atoms with van der Waals surface area (Å²) in [6.45, 7) is 3.89. The summed E-state index contributed by atoms with van der Waals surface area (Å²) in [5, 5.41) is 13.3. The van der Waals surface area contributed by atoms with Crippen molar-refractivity contribution in [2.75, 3.05) is 5.32 Å². The molecule has 3 unspecified atom stereocenters.